The molecule has 168 valence electrons. The Morgan fingerprint density at radius 2 is 1.62 bits per heavy atom. The number of hydrogen-bond donors (Lipinski definition) is 1. The molecule has 0 aromatic rings. The van der Waals surface area contributed by atoms with Crippen LogP contribution in [0.1, 0.15) is 80.6 Å². The lowest BCUT2D eigenvalue weighted by Gasteiger charge is -2.32. The first-order valence-corrected chi connectivity index (χ1v) is 11.0. The Bertz CT molecular complexity index is 563. The molecule has 0 saturated carbocycles. The van der Waals surface area contributed by atoms with Crippen LogP contribution < -0.4 is 5.32 Å². The van der Waals surface area contributed by atoms with E-state index in [1.165, 1.54) is 0 Å². The van der Waals surface area contributed by atoms with Crippen molar-refractivity contribution >= 4 is 17.8 Å². The third-order valence-corrected chi connectivity index (χ3v) is 5.56. The van der Waals surface area contributed by atoms with Crippen molar-refractivity contribution in [2.45, 2.75) is 86.6 Å². The number of nitrogens with zero attached hydrogens (tertiary/aromatic N) is 1. The summed E-state index contributed by atoms with van der Waals surface area (Å²) in [5, 5.41) is 2.87. The summed E-state index contributed by atoms with van der Waals surface area (Å²) in [6, 6.07) is -0.258. The molecule has 29 heavy (non-hydrogen) atoms. The van der Waals surface area contributed by atoms with E-state index >= 15 is 0 Å². The molecule has 0 unspecified atom stereocenters. The van der Waals surface area contributed by atoms with E-state index in [4.69, 9.17) is 4.74 Å². The van der Waals surface area contributed by atoms with Gasteiger partial charge >= 0.3 is 5.97 Å². The average molecular weight is 411 g/mol. The van der Waals surface area contributed by atoms with Crippen LogP contribution in [0.15, 0.2) is 11.6 Å². The first-order valence-electron chi connectivity index (χ1n) is 11.0. The molecular weight excluding hydrogens is 368 g/mol. The number of likely N-dealkylation sites (N-methyl/N-ethyl adjacent to an activating group) is 1. The maximum Gasteiger partial charge on any atom is 0.333 e. The van der Waals surface area contributed by atoms with Gasteiger partial charge in [0.25, 0.3) is 0 Å². The van der Waals surface area contributed by atoms with E-state index in [0.717, 1.165) is 32.1 Å². The number of esters is 1. The summed E-state index contributed by atoms with van der Waals surface area (Å²) < 4.78 is 5.03. The van der Waals surface area contributed by atoms with Gasteiger partial charge in [-0.05, 0) is 39.0 Å². The zero-order valence-corrected chi connectivity index (χ0v) is 19.8. The standard InChI is InChI=1S/C23H42N2O4/c1-9-13-23(11-3,14-10-2)22(28)24-16-20(26)25(8)19(17(5)6)15-18(7)21(27)29-12-4/h15,17,19H,9-14,16H2,1-8H3,(H,24,28)/b18-15+/t19-/m1/s1. The summed E-state index contributed by atoms with van der Waals surface area (Å²) in [6.45, 7) is 13.9. The van der Waals surface area contributed by atoms with Gasteiger partial charge in [-0.2, -0.15) is 0 Å². The van der Waals surface area contributed by atoms with Gasteiger partial charge in [0.1, 0.15) is 0 Å². The summed E-state index contributed by atoms with van der Waals surface area (Å²) in [4.78, 5) is 39.2. The summed E-state index contributed by atoms with van der Waals surface area (Å²) in [6.07, 6.45) is 6.05. The molecule has 1 atom stereocenters. The average Bonchev–Trinajstić information content (AvgIpc) is 2.68. The smallest absolute Gasteiger partial charge is 0.333 e. The van der Waals surface area contributed by atoms with Crippen LogP contribution in [0.25, 0.3) is 0 Å². The van der Waals surface area contributed by atoms with Crippen LogP contribution >= 0.6 is 0 Å². The van der Waals surface area contributed by atoms with Crippen molar-refractivity contribution in [3.8, 4) is 0 Å². The van der Waals surface area contributed by atoms with Crippen molar-refractivity contribution in [1.82, 2.24) is 10.2 Å². The van der Waals surface area contributed by atoms with E-state index < -0.39 is 5.41 Å². The lowest BCUT2D eigenvalue weighted by atomic mass is 9.76. The summed E-state index contributed by atoms with van der Waals surface area (Å²) in [5.74, 6) is -0.481. The topological polar surface area (TPSA) is 75.7 Å². The first kappa shape index (κ1) is 27.1. The van der Waals surface area contributed by atoms with E-state index in [1.54, 1.807) is 31.9 Å². The Hall–Kier alpha value is -1.85. The van der Waals surface area contributed by atoms with Crippen LogP contribution in [0.3, 0.4) is 0 Å². The second-order valence-corrected chi connectivity index (χ2v) is 8.13. The predicted octanol–water partition coefficient (Wildman–Crippen LogP) is 4.09. The van der Waals surface area contributed by atoms with Gasteiger partial charge in [-0.25, -0.2) is 4.79 Å². The molecule has 2 amide bonds. The number of ether oxygens (including phenoxy) is 1. The summed E-state index contributed by atoms with van der Waals surface area (Å²) in [5.41, 5.74) is 0.0744. The maximum absolute atomic E-state index is 12.9. The van der Waals surface area contributed by atoms with Crippen molar-refractivity contribution in [2.24, 2.45) is 11.3 Å². The molecule has 0 radical (unpaired) electrons. The minimum absolute atomic E-state index is 0.0372. The number of carbonyl (C=O) groups is 3. The molecule has 6 nitrogen and oxygen atoms in total. The molecule has 0 fully saturated rings. The van der Waals surface area contributed by atoms with Gasteiger partial charge in [-0.1, -0.05) is 53.5 Å². The van der Waals surface area contributed by atoms with Gasteiger partial charge in [0, 0.05) is 18.0 Å². The molecule has 0 aliphatic heterocycles. The molecule has 0 spiro atoms. The largest absolute Gasteiger partial charge is 0.463 e. The highest BCUT2D eigenvalue weighted by Crippen LogP contribution is 2.33. The van der Waals surface area contributed by atoms with Gasteiger partial charge in [0.2, 0.25) is 11.8 Å². The second kappa shape index (κ2) is 13.4. The monoisotopic (exact) mass is 410 g/mol. The fourth-order valence-corrected chi connectivity index (χ4v) is 3.78. The highest BCUT2D eigenvalue weighted by atomic mass is 16.5. The number of nitrogens with one attached hydrogen (secondary N) is 1. The first-order chi connectivity index (χ1) is 13.6. The lowest BCUT2D eigenvalue weighted by Crippen LogP contribution is -2.48. The number of amides is 2. The molecule has 0 rings (SSSR count). The Morgan fingerprint density at radius 1 is 1.07 bits per heavy atom. The fraction of sp³-hybridized carbons (Fsp3) is 0.783. The number of rotatable bonds is 13. The van der Waals surface area contributed by atoms with Crippen molar-refractivity contribution in [2.75, 3.05) is 20.2 Å². The van der Waals surface area contributed by atoms with E-state index in [9.17, 15) is 14.4 Å². The SMILES string of the molecule is CCCC(CC)(CCC)C(=O)NCC(=O)N(C)[C@H](/C=C(\C)C(=O)OCC)C(C)C. The quantitative estimate of drug-likeness (QED) is 0.366. The lowest BCUT2D eigenvalue weighted by molar-refractivity contribution is -0.138. The normalized spacial score (nSPS) is 13.2. The molecule has 6 heteroatoms. The van der Waals surface area contributed by atoms with Crippen LogP contribution in [-0.4, -0.2) is 48.9 Å². The fourth-order valence-electron chi connectivity index (χ4n) is 3.78. The Labute approximate surface area is 177 Å². The van der Waals surface area contributed by atoms with Gasteiger partial charge in [0.05, 0.1) is 19.2 Å². The minimum atomic E-state index is -0.403. The number of carbonyl (C=O) groups excluding carboxylic acids is 3. The van der Waals surface area contributed by atoms with Gasteiger partial charge in [-0.3, -0.25) is 9.59 Å². The van der Waals surface area contributed by atoms with E-state index in [1.807, 2.05) is 20.8 Å². The molecule has 0 bridgehead atoms. The molecule has 0 aliphatic carbocycles. The highest BCUT2D eigenvalue weighted by Gasteiger charge is 2.35. The van der Waals surface area contributed by atoms with Crippen LogP contribution in [0.4, 0.5) is 0 Å². The molecule has 1 N–H and O–H groups in total. The molecule has 0 saturated heterocycles. The van der Waals surface area contributed by atoms with Crippen LogP contribution in [0, 0.1) is 11.3 Å². The van der Waals surface area contributed by atoms with Crippen LogP contribution in [0.2, 0.25) is 0 Å². The van der Waals surface area contributed by atoms with Crippen LogP contribution in [-0.2, 0) is 19.1 Å². The summed E-state index contributed by atoms with van der Waals surface area (Å²) in [7, 11) is 1.71. The Balaban J connectivity index is 5.22. The van der Waals surface area contributed by atoms with Gasteiger partial charge in [-0.15, -0.1) is 0 Å². The molecule has 0 aliphatic rings. The van der Waals surface area contributed by atoms with E-state index in [2.05, 4.69) is 19.2 Å². The maximum atomic E-state index is 12.9. The van der Waals surface area contributed by atoms with E-state index in [-0.39, 0.29) is 36.3 Å². The van der Waals surface area contributed by atoms with Crippen LogP contribution in [0.5, 0.6) is 0 Å². The Morgan fingerprint density at radius 3 is 2.03 bits per heavy atom. The molecular formula is C23H42N2O4. The second-order valence-electron chi connectivity index (χ2n) is 8.13. The number of hydrogen-bond acceptors (Lipinski definition) is 4. The molecule has 0 aromatic heterocycles. The third-order valence-electron chi connectivity index (χ3n) is 5.56. The predicted molar refractivity (Wildman–Crippen MR) is 117 cm³/mol. The zero-order chi connectivity index (χ0) is 22.6. The van der Waals surface area contributed by atoms with E-state index in [0.29, 0.717) is 12.2 Å². The zero-order valence-electron chi connectivity index (χ0n) is 19.8. The molecule has 0 heterocycles. The van der Waals surface area contributed by atoms with Crippen molar-refractivity contribution < 1.29 is 19.1 Å². The van der Waals surface area contributed by atoms with Gasteiger partial charge < -0.3 is 15.0 Å². The van der Waals surface area contributed by atoms with Crippen molar-refractivity contribution in [1.29, 1.82) is 0 Å². The van der Waals surface area contributed by atoms with Crippen molar-refractivity contribution in [3.05, 3.63) is 11.6 Å². The van der Waals surface area contributed by atoms with Gasteiger partial charge in [0.15, 0.2) is 0 Å². The highest BCUT2D eigenvalue weighted by molar-refractivity contribution is 5.89. The molecule has 0 aromatic carbocycles. The third kappa shape index (κ3) is 8.19. The summed E-state index contributed by atoms with van der Waals surface area (Å²) >= 11 is 0. The Kier molecular flexibility index (Phi) is 12.5. The van der Waals surface area contributed by atoms with Crippen molar-refractivity contribution in [3.63, 3.8) is 0 Å². The minimum Gasteiger partial charge on any atom is -0.463 e.